The quantitative estimate of drug-likeness (QED) is 0.693. The van der Waals surface area contributed by atoms with Gasteiger partial charge in [-0.05, 0) is 0 Å². The van der Waals surface area contributed by atoms with Gasteiger partial charge in [-0.3, -0.25) is 4.79 Å². The van der Waals surface area contributed by atoms with E-state index in [4.69, 9.17) is 5.73 Å². The first-order valence-electron chi connectivity index (χ1n) is 3.21. The largest absolute Gasteiger partial charge is 0.451 e. The standard InChI is InChI=1S/C6H9N3O2.ClH/c7-1-2-8-6(10)5-3-11-4-9-5;/h3-4H,1-2,7H2,(H,8,10);1H. The molecule has 0 aromatic carbocycles. The van der Waals surface area contributed by atoms with E-state index in [2.05, 4.69) is 14.7 Å². The van der Waals surface area contributed by atoms with Crippen molar-refractivity contribution in [3.8, 4) is 0 Å². The van der Waals surface area contributed by atoms with Crippen LogP contribution in [0.5, 0.6) is 0 Å². The van der Waals surface area contributed by atoms with Crippen molar-refractivity contribution in [1.82, 2.24) is 10.3 Å². The van der Waals surface area contributed by atoms with Crippen LogP contribution in [0.15, 0.2) is 17.1 Å². The minimum Gasteiger partial charge on any atom is -0.451 e. The summed E-state index contributed by atoms with van der Waals surface area (Å²) in [5.74, 6) is -0.260. The number of halogens is 1. The first-order valence-corrected chi connectivity index (χ1v) is 3.21. The van der Waals surface area contributed by atoms with Crippen molar-refractivity contribution in [1.29, 1.82) is 0 Å². The highest BCUT2D eigenvalue weighted by molar-refractivity contribution is 5.91. The molecule has 12 heavy (non-hydrogen) atoms. The number of rotatable bonds is 3. The Morgan fingerprint density at radius 1 is 1.75 bits per heavy atom. The number of aromatic nitrogens is 1. The Balaban J connectivity index is 0.00000121. The lowest BCUT2D eigenvalue weighted by molar-refractivity contribution is 0.0950. The van der Waals surface area contributed by atoms with Crippen LogP contribution >= 0.6 is 12.4 Å². The molecule has 1 aromatic heterocycles. The highest BCUT2D eigenvalue weighted by Gasteiger charge is 2.05. The fourth-order valence-corrected chi connectivity index (χ4v) is 0.601. The smallest absolute Gasteiger partial charge is 0.273 e. The Kier molecular flexibility index (Phi) is 5.07. The van der Waals surface area contributed by atoms with Crippen molar-refractivity contribution in [3.05, 3.63) is 18.4 Å². The molecule has 0 saturated carbocycles. The summed E-state index contributed by atoms with van der Waals surface area (Å²) in [6.07, 6.45) is 2.49. The van der Waals surface area contributed by atoms with Crippen molar-refractivity contribution in [2.45, 2.75) is 0 Å². The summed E-state index contributed by atoms with van der Waals surface area (Å²) in [4.78, 5) is 14.6. The molecule has 0 radical (unpaired) electrons. The van der Waals surface area contributed by atoms with Gasteiger partial charge in [-0.15, -0.1) is 12.4 Å². The van der Waals surface area contributed by atoms with Gasteiger partial charge >= 0.3 is 0 Å². The number of carbonyl (C=O) groups excluding carboxylic acids is 1. The maximum atomic E-state index is 11.0. The lowest BCUT2D eigenvalue weighted by Gasteiger charge is -1.97. The van der Waals surface area contributed by atoms with Crippen LogP contribution in [0.25, 0.3) is 0 Å². The van der Waals surface area contributed by atoms with Gasteiger partial charge < -0.3 is 15.5 Å². The van der Waals surface area contributed by atoms with E-state index >= 15 is 0 Å². The van der Waals surface area contributed by atoms with E-state index in [-0.39, 0.29) is 24.0 Å². The number of carbonyl (C=O) groups is 1. The number of nitrogens with one attached hydrogen (secondary N) is 1. The zero-order chi connectivity index (χ0) is 8.10. The zero-order valence-corrected chi connectivity index (χ0v) is 7.13. The van der Waals surface area contributed by atoms with Crippen LogP contribution in [0, 0.1) is 0 Å². The molecule has 0 bridgehead atoms. The van der Waals surface area contributed by atoms with E-state index in [1.165, 1.54) is 12.7 Å². The van der Waals surface area contributed by atoms with Gasteiger partial charge in [0.25, 0.3) is 5.91 Å². The number of amides is 1. The van der Waals surface area contributed by atoms with Crippen LogP contribution in [0.4, 0.5) is 0 Å². The molecule has 1 amide bonds. The molecule has 0 unspecified atom stereocenters. The molecule has 0 aliphatic heterocycles. The van der Waals surface area contributed by atoms with Gasteiger partial charge in [0, 0.05) is 13.1 Å². The molecule has 5 nitrogen and oxygen atoms in total. The minimum absolute atomic E-state index is 0. The lowest BCUT2D eigenvalue weighted by atomic mass is 10.4. The summed E-state index contributed by atoms with van der Waals surface area (Å²) in [6, 6.07) is 0. The van der Waals surface area contributed by atoms with Gasteiger partial charge in [0.2, 0.25) is 0 Å². The van der Waals surface area contributed by atoms with Crippen LogP contribution in [0.2, 0.25) is 0 Å². The Morgan fingerprint density at radius 2 is 2.50 bits per heavy atom. The first-order chi connectivity index (χ1) is 5.34. The fraction of sp³-hybridized carbons (Fsp3) is 0.333. The maximum absolute atomic E-state index is 11.0. The maximum Gasteiger partial charge on any atom is 0.273 e. The summed E-state index contributed by atoms with van der Waals surface area (Å²) in [5, 5.41) is 2.55. The predicted molar refractivity (Wildman–Crippen MR) is 45.1 cm³/mol. The summed E-state index contributed by atoms with van der Waals surface area (Å²) in [5.41, 5.74) is 5.45. The molecule has 0 saturated heterocycles. The number of nitrogens with zero attached hydrogens (tertiary/aromatic N) is 1. The number of hydrogen-bond donors (Lipinski definition) is 2. The van der Waals surface area contributed by atoms with E-state index in [0.29, 0.717) is 13.1 Å². The summed E-state index contributed by atoms with van der Waals surface area (Å²) >= 11 is 0. The van der Waals surface area contributed by atoms with Gasteiger partial charge in [-0.1, -0.05) is 0 Å². The number of hydrogen-bond acceptors (Lipinski definition) is 4. The molecular weight excluding hydrogens is 182 g/mol. The topological polar surface area (TPSA) is 81.1 Å². The van der Waals surface area contributed by atoms with Gasteiger partial charge in [-0.25, -0.2) is 4.98 Å². The average molecular weight is 192 g/mol. The molecule has 1 heterocycles. The fourth-order valence-electron chi connectivity index (χ4n) is 0.601. The van der Waals surface area contributed by atoms with Crippen molar-refractivity contribution in [2.75, 3.05) is 13.1 Å². The first kappa shape index (κ1) is 10.9. The Morgan fingerprint density at radius 3 is 3.00 bits per heavy atom. The van der Waals surface area contributed by atoms with Crippen molar-refractivity contribution < 1.29 is 9.21 Å². The molecule has 1 rings (SSSR count). The third-order valence-corrected chi connectivity index (χ3v) is 1.09. The zero-order valence-electron chi connectivity index (χ0n) is 6.32. The van der Waals surface area contributed by atoms with Crippen LogP contribution in [0.3, 0.4) is 0 Å². The third kappa shape index (κ3) is 2.89. The molecule has 68 valence electrons. The number of nitrogens with two attached hydrogens (primary N) is 1. The highest BCUT2D eigenvalue weighted by Crippen LogP contribution is 1.92. The van der Waals surface area contributed by atoms with Crippen molar-refractivity contribution in [2.24, 2.45) is 5.73 Å². The SMILES string of the molecule is Cl.NCCNC(=O)c1cocn1. The van der Waals surface area contributed by atoms with E-state index in [9.17, 15) is 4.79 Å². The van der Waals surface area contributed by atoms with E-state index in [1.807, 2.05) is 0 Å². The molecule has 6 heteroatoms. The average Bonchev–Trinajstić information content (AvgIpc) is 2.52. The Bertz CT molecular complexity index is 225. The van der Waals surface area contributed by atoms with Gasteiger partial charge in [0.1, 0.15) is 6.26 Å². The summed E-state index contributed by atoms with van der Waals surface area (Å²) in [6.45, 7) is 0.870. The Labute approximate surface area is 75.7 Å². The molecule has 0 aliphatic carbocycles. The van der Waals surface area contributed by atoms with Gasteiger partial charge in [0.15, 0.2) is 12.1 Å². The van der Waals surface area contributed by atoms with Crippen molar-refractivity contribution >= 4 is 18.3 Å². The molecule has 0 fully saturated rings. The molecular formula is C6H10ClN3O2. The minimum atomic E-state index is -0.260. The highest BCUT2D eigenvalue weighted by atomic mass is 35.5. The van der Waals surface area contributed by atoms with Crippen LogP contribution in [0.1, 0.15) is 10.5 Å². The van der Waals surface area contributed by atoms with E-state index in [0.717, 1.165) is 0 Å². The lowest BCUT2D eigenvalue weighted by Crippen LogP contribution is -2.29. The molecule has 0 aliphatic rings. The van der Waals surface area contributed by atoms with Crippen LogP contribution < -0.4 is 11.1 Å². The monoisotopic (exact) mass is 191 g/mol. The van der Waals surface area contributed by atoms with Gasteiger partial charge in [-0.2, -0.15) is 0 Å². The summed E-state index contributed by atoms with van der Waals surface area (Å²) in [7, 11) is 0. The van der Waals surface area contributed by atoms with Crippen LogP contribution in [-0.4, -0.2) is 24.0 Å². The molecule has 1 aromatic rings. The predicted octanol–water partition coefficient (Wildman–Crippen LogP) is -0.215. The van der Waals surface area contributed by atoms with E-state index in [1.54, 1.807) is 0 Å². The molecule has 3 N–H and O–H groups in total. The number of oxazole rings is 1. The second-order valence-electron chi connectivity index (χ2n) is 1.92. The van der Waals surface area contributed by atoms with Crippen molar-refractivity contribution in [3.63, 3.8) is 0 Å². The summed E-state index contributed by atoms with van der Waals surface area (Å²) < 4.78 is 4.61. The van der Waals surface area contributed by atoms with Crippen LogP contribution in [-0.2, 0) is 0 Å². The third-order valence-electron chi connectivity index (χ3n) is 1.09. The Hall–Kier alpha value is -1.07. The second-order valence-corrected chi connectivity index (χ2v) is 1.92. The molecule has 0 spiro atoms. The van der Waals surface area contributed by atoms with Gasteiger partial charge in [0.05, 0.1) is 0 Å². The second kappa shape index (κ2) is 5.56. The van der Waals surface area contributed by atoms with E-state index < -0.39 is 0 Å². The molecule has 0 atom stereocenters. The normalized spacial score (nSPS) is 8.75.